The number of nitrogens with one attached hydrogen (secondary N) is 2. The molecule has 2 bridgehead atoms. The average molecular weight is 339 g/mol. The molecule has 0 unspecified atom stereocenters. The molecule has 0 saturated carbocycles. The van der Waals surface area contributed by atoms with E-state index in [1.165, 1.54) is 44.5 Å². The SMILES string of the molecule is O=C(N[C@@H]1CN2CCC1CC2)c1n[nH]c2ccc(N3CCCC3)cc12. The number of hydrogen-bond acceptors (Lipinski definition) is 4. The van der Waals surface area contributed by atoms with Crippen LogP contribution in [0.4, 0.5) is 5.69 Å². The third-order valence-corrected chi connectivity index (χ3v) is 6.21. The molecule has 4 aliphatic rings. The van der Waals surface area contributed by atoms with Crippen LogP contribution < -0.4 is 10.2 Å². The van der Waals surface area contributed by atoms with E-state index >= 15 is 0 Å². The number of piperidine rings is 3. The van der Waals surface area contributed by atoms with E-state index in [0.29, 0.717) is 11.6 Å². The summed E-state index contributed by atoms with van der Waals surface area (Å²) in [6.45, 7) is 5.55. The zero-order chi connectivity index (χ0) is 16.8. The van der Waals surface area contributed by atoms with Crippen LogP contribution >= 0.6 is 0 Å². The maximum Gasteiger partial charge on any atom is 0.272 e. The summed E-state index contributed by atoms with van der Waals surface area (Å²) in [6, 6.07) is 6.56. The molecule has 4 fully saturated rings. The average Bonchev–Trinajstić information content (AvgIpc) is 3.32. The first-order chi connectivity index (χ1) is 12.3. The molecule has 6 heteroatoms. The van der Waals surface area contributed by atoms with Gasteiger partial charge in [-0.05, 0) is 62.9 Å². The van der Waals surface area contributed by atoms with E-state index < -0.39 is 0 Å². The van der Waals surface area contributed by atoms with E-state index in [1.54, 1.807) is 0 Å². The number of rotatable bonds is 3. The third kappa shape index (κ3) is 2.68. The lowest BCUT2D eigenvalue weighted by Crippen LogP contribution is -2.57. The predicted molar refractivity (Wildman–Crippen MR) is 98.0 cm³/mol. The maximum atomic E-state index is 12.9. The minimum Gasteiger partial charge on any atom is -0.372 e. The summed E-state index contributed by atoms with van der Waals surface area (Å²) in [6.07, 6.45) is 4.89. The van der Waals surface area contributed by atoms with E-state index in [4.69, 9.17) is 0 Å². The third-order valence-electron chi connectivity index (χ3n) is 6.21. The highest BCUT2D eigenvalue weighted by Gasteiger charge is 2.35. The Balaban J connectivity index is 1.39. The number of benzene rings is 1. The van der Waals surface area contributed by atoms with E-state index in [0.717, 1.165) is 30.5 Å². The number of carbonyl (C=O) groups excluding carboxylic acids is 1. The van der Waals surface area contributed by atoms with Crippen molar-refractivity contribution in [3.05, 3.63) is 23.9 Å². The number of hydrogen-bond donors (Lipinski definition) is 2. The molecule has 25 heavy (non-hydrogen) atoms. The lowest BCUT2D eigenvalue weighted by atomic mass is 9.84. The quantitative estimate of drug-likeness (QED) is 0.898. The highest BCUT2D eigenvalue weighted by Crippen LogP contribution is 2.29. The van der Waals surface area contributed by atoms with E-state index in [9.17, 15) is 4.79 Å². The fourth-order valence-electron chi connectivity index (χ4n) is 4.71. The topological polar surface area (TPSA) is 64.3 Å². The van der Waals surface area contributed by atoms with Crippen molar-refractivity contribution in [3.63, 3.8) is 0 Å². The van der Waals surface area contributed by atoms with Crippen LogP contribution in [0.5, 0.6) is 0 Å². The van der Waals surface area contributed by atoms with Crippen LogP contribution in [0, 0.1) is 5.92 Å². The Morgan fingerprint density at radius 3 is 2.68 bits per heavy atom. The summed E-state index contributed by atoms with van der Waals surface area (Å²) < 4.78 is 0. The second kappa shape index (κ2) is 6.02. The molecule has 132 valence electrons. The molecule has 1 aromatic heterocycles. The molecular formula is C19H25N5O. The molecule has 0 spiro atoms. The van der Waals surface area contributed by atoms with Gasteiger partial charge in [-0.3, -0.25) is 9.89 Å². The van der Waals surface area contributed by atoms with Gasteiger partial charge in [0.2, 0.25) is 0 Å². The summed E-state index contributed by atoms with van der Waals surface area (Å²) in [5, 5.41) is 11.5. The maximum absolute atomic E-state index is 12.9. The summed E-state index contributed by atoms with van der Waals surface area (Å²) in [5.74, 6) is 0.586. The van der Waals surface area contributed by atoms with Gasteiger partial charge >= 0.3 is 0 Å². The number of amides is 1. The first-order valence-electron chi connectivity index (χ1n) is 9.54. The van der Waals surface area contributed by atoms with Gasteiger partial charge in [0.1, 0.15) is 0 Å². The van der Waals surface area contributed by atoms with Crippen molar-refractivity contribution in [2.75, 3.05) is 37.6 Å². The molecule has 5 heterocycles. The van der Waals surface area contributed by atoms with Crippen LogP contribution in [0.3, 0.4) is 0 Å². The van der Waals surface area contributed by atoms with Gasteiger partial charge in [0.25, 0.3) is 5.91 Å². The zero-order valence-electron chi connectivity index (χ0n) is 14.5. The van der Waals surface area contributed by atoms with Crippen molar-refractivity contribution in [2.45, 2.75) is 31.7 Å². The number of carbonyl (C=O) groups is 1. The number of H-pyrrole nitrogens is 1. The van der Waals surface area contributed by atoms with Gasteiger partial charge in [0.05, 0.1) is 5.52 Å². The van der Waals surface area contributed by atoms with Crippen molar-refractivity contribution >= 4 is 22.5 Å². The fraction of sp³-hybridized carbons (Fsp3) is 0.579. The van der Waals surface area contributed by atoms with Gasteiger partial charge in [0, 0.05) is 36.7 Å². The Morgan fingerprint density at radius 2 is 1.96 bits per heavy atom. The summed E-state index contributed by atoms with van der Waals surface area (Å²) in [7, 11) is 0. The first-order valence-corrected chi connectivity index (χ1v) is 9.54. The number of nitrogens with zero attached hydrogens (tertiary/aromatic N) is 3. The van der Waals surface area contributed by atoms with E-state index in [-0.39, 0.29) is 11.9 Å². The van der Waals surface area contributed by atoms with Crippen molar-refractivity contribution in [2.24, 2.45) is 5.92 Å². The Kier molecular flexibility index (Phi) is 3.66. The highest BCUT2D eigenvalue weighted by atomic mass is 16.2. The molecule has 0 aliphatic carbocycles. The number of aromatic amines is 1. The molecule has 2 aromatic rings. The highest BCUT2D eigenvalue weighted by molar-refractivity contribution is 6.05. The summed E-state index contributed by atoms with van der Waals surface area (Å²) >= 11 is 0. The second-order valence-electron chi connectivity index (χ2n) is 7.71. The molecule has 4 saturated heterocycles. The Morgan fingerprint density at radius 1 is 1.16 bits per heavy atom. The molecule has 6 nitrogen and oxygen atoms in total. The Bertz CT molecular complexity index is 786. The molecule has 0 radical (unpaired) electrons. The smallest absolute Gasteiger partial charge is 0.272 e. The molecule has 1 aromatic carbocycles. The van der Waals surface area contributed by atoms with Gasteiger partial charge in [-0.25, -0.2) is 0 Å². The minimum atomic E-state index is -0.0384. The van der Waals surface area contributed by atoms with Gasteiger partial charge in [0.15, 0.2) is 5.69 Å². The van der Waals surface area contributed by atoms with Gasteiger partial charge in [-0.1, -0.05) is 0 Å². The van der Waals surface area contributed by atoms with Crippen LogP contribution in [0.15, 0.2) is 18.2 Å². The molecule has 2 N–H and O–H groups in total. The minimum absolute atomic E-state index is 0.0384. The Labute approximate surface area is 147 Å². The molecule has 1 amide bonds. The van der Waals surface area contributed by atoms with Crippen molar-refractivity contribution in [3.8, 4) is 0 Å². The van der Waals surface area contributed by atoms with Crippen LogP contribution in [-0.4, -0.2) is 59.8 Å². The number of aromatic nitrogens is 2. The lowest BCUT2D eigenvalue weighted by Gasteiger charge is -2.44. The van der Waals surface area contributed by atoms with E-state index in [2.05, 4.69) is 37.4 Å². The van der Waals surface area contributed by atoms with Gasteiger partial charge in [-0.15, -0.1) is 0 Å². The molecular weight excluding hydrogens is 314 g/mol. The lowest BCUT2D eigenvalue weighted by molar-refractivity contribution is 0.0618. The molecule has 6 rings (SSSR count). The monoisotopic (exact) mass is 339 g/mol. The van der Waals surface area contributed by atoms with Crippen molar-refractivity contribution in [1.82, 2.24) is 20.4 Å². The Hall–Kier alpha value is -2.08. The van der Waals surface area contributed by atoms with Gasteiger partial charge in [-0.2, -0.15) is 5.10 Å². The van der Waals surface area contributed by atoms with Gasteiger partial charge < -0.3 is 15.1 Å². The van der Waals surface area contributed by atoms with Crippen molar-refractivity contribution < 1.29 is 4.79 Å². The van der Waals surface area contributed by atoms with Crippen LogP contribution in [0.2, 0.25) is 0 Å². The fourth-order valence-corrected chi connectivity index (χ4v) is 4.71. The number of fused-ring (bicyclic) bond motifs is 4. The second-order valence-corrected chi connectivity index (χ2v) is 7.71. The molecule has 1 atom stereocenters. The normalized spacial score (nSPS) is 28.6. The first kappa shape index (κ1) is 15.2. The zero-order valence-corrected chi connectivity index (χ0v) is 14.5. The number of anilines is 1. The van der Waals surface area contributed by atoms with Crippen LogP contribution in [0.1, 0.15) is 36.2 Å². The largest absolute Gasteiger partial charge is 0.372 e. The van der Waals surface area contributed by atoms with Crippen molar-refractivity contribution in [1.29, 1.82) is 0 Å². The molecule has 4 aliphatic heterocycles. The van der Waals surface area contributed by atoms with Crippen LogP contribution in [0.25, 0.3) is 10.9 Å². The standard InChI is InChI=1S/C19H25N5O/c25-19(20-17-12-23-9-5-13(17)6-10-23)18-15-11-14(24-7-1-2-8-24)3-4-16(15)21-22-18/h3-4,11,13,17H,1-2,5-10,12H2,(H,20,25)(H,21,22)/t17-/m1/s1. The summed E-state index contributed by atoms with van der Waals surface area (Å²) in [4.78, 5) is 17.7. The van der Waals surface area contributed by atoms with E-state index in [1.807, 2.05) is 6.07 Å². The predicted octanol–water partition coefficient (Wildman–Crippen LogP) is 1.99. The van der Waals surface area contributed by atoms with Crippen LogP contribution in [-0.2, 0) is 0 Å². The summed E-state index contributed by atoms with van der Waals surface area (Å²) in [5.41, 5.74) is 2.66.